The highest BCUT2D eigenvalue weighted by Crippen LogP contribution is 2.30. The van der Waals surface area contributed by atoms with E-state index in [1.54, 1.807) is 19.1 Å². The van der Waals surface area contributed by atoms with Crippen molar-refractivity contribution in [2.45, 2.75) is 33.6 Å². The van der Waals surface area contributed by atoms with E-state index in [0.29, 0.717) is 18.1 Å². The fourth-order valence-corrected chi connectivity index (χ4v) is 2.39. The van der Waals surface area contributed by atoms with E-state index in [1.165, 1.54) is 24.3 Å². The Morgan fingerprint density at radius 2 is 1.96 bits per heavy atom. The average molecular weight is 387 g/mol. The number of hydrogen-bond acceptors (Lipinski definition) is 4. The summed E-state index contributed by atoms with van der Waals surface area (Å²) in [5.74, 6) is -1.76. The predicted molar refractivity (Wildman–Crippen MR) is 103 cm³/mol. The number of nitrogens with zero attached hydrogens (tertiary/aromatic N) is 1. The Bertz CT molecular complexity index is 890. The Labute approximate surface area is 163 Å². The molecule has 148 valence electrons. The Kier molecular flexibility index (Phi) is 7.47. The van der Waals surface area contributed by atoms with Crippen LogP contribution in [0.2, 0.25) is 0 Å². The monoisotopic (exact) mass is 387 g/mol. The number of benzene rings is 2. The van der Waals surface area contributed by atoms with Crippen LogP contribution >= 0.6 is 0 Å². The van der Waals surface area contributed by atoms with Crippen LogP contribution < -0.4 is 10.8 Å². The van der Waals surface area contributed by atoms with Gasteiger partial charge in [-0.25, -0.2) is 14.3 Å². The van der Waals surface area contributed by atoms with Crippen molar-refractivity contribution in [3.8, 4) is 6.07 Å². The molecule has 3 rings (SSSR count). The number of aryl methyl sites for hydroxylation is 1. The first-order valence-corrected chi connectivity index (χ1v) is 9.17. The normalized spacial score (nSPS) is 12.4. The van der Waals surface area contributed by atoms with Gasteiger partial charge in [-0.15, -0.1) is 0 Å². The molecule has 0 atom stereocenters. The summed E-state index contributed by atoms with van der Waals surface area (Å²) in [6, 6.07) is 8.57. The van der Waals surface area contributed by atoms with Crippen LogP contribution in [0.5, 0.6) is 0 Å². The first-order chi connectivity index (χ1) is 13.5. The highest BCUT2D eigenvalue weighted by molar-refractivity contribution is 6.00. The minimum Gasteiger partial charge on any atom is -0.350 e. The second-order valence-corrected chi connectivity index (χ2v) is 6.26. The number of amides is 1. The maximum Gasteiger partial charge on any atom is 0.277 e. The van der Waals surface area contributed by atoms with Crippen molar-refractivity contribution in [2.75, 3.05) is 11.9 Å². The molecule has 0 unspecified atom stereocenters. The molecule has 2 aromatic rings. The molecule has 0 aliphatic heterocycles. The predicted octanol–water partition coefficient (Wildman–Crippen LogP) is 4.99. The molecule has 1 aliphatic rings. The smallest absolute Gasteiger partial charge is 0.277 e. The van der Waals surface area contributed by atoms with Crippen molar-refractivity contribution < 1.29 is 18.4 Å². The molecule has 1 aliphatic carbocycles. The van der Waals surface area contributed by atoms with Gasteiger partial charge >= 0.3 is 0 Å². The van der Waals surface area contributed by atoms with E-state index < -0.39 is 17.5 Å². The lowest BCUT2D eigenvalue weighted by atomic mass is 10.1. The van der Waals surface area contributed by atoms with E-state index in [9.17, 15) is 13.6 Å². The summed E-state index contributed by atoms with van der Waals surface area (Å²) in [6.45, 7) is 6.11. The summed E-state index contributed by atoms with van der Waals surface area (Å²) in [4.78, 5) is 17.5. The van der Waals surface area contributed by atoms with Gasteiger partial charge in [0.2, 0.25) is 0 Å². The number of nitriles is 1. The number of carbonyl (C=O) groups is 1. The van der Waals surface area contributed by atoms with Crippen LogP contribution in [0, 0.1) is 35.8 Å². The van der Waals surface area contributed by atoms with E-state index >= 15 is 0 Å². The van der Waals surface area contributed by atoms with Gasteiger partial charge in [-0.1, -0.05) is 19.9 Å². The molecule has 0 aromatic heterocycles. The van der Waals surface area contributed by atoms with Crippen molar-refractivity contribution in [3.05, 3.63) is 58.7 Å². The van der Waals surface area contributed by atoms with Gasteiger partial charge in [0.1, 0.15) is 11.9 Å². The largest absolute Gasteiger partial charge is 0.350 e. The topological polar surface area (TPSA) is 74.2 Å². The molecule has 1 saturated carbocycles. The third kappa shape index (κ3) is 5.27. The third-order valence-electron chi connectivity index (χ3n) is 4.07. The number of anilines is 2. The molecule has 28 heavy (non-hydrogen) atoms. The zero-order valence-corrected chi connectivity index (χ0v) is 16.1. The number of rotatable bonds is 6. The van der Waals surface area contributed by atoms with E-state index in [2.05, 4.69) is 10.8 Å². The molecule has 0 spiro atoms. The van der Waals surface area contributed by atoms with Crippen molar-refractivity contribution in [1.29, 1.82) is 5.26 Å². The van der Waals surface area contributed by atoms with Gasteiger partial charge in [-0.3, -0.25) is 9.63 Å². The zero-order chi connectivity index (χ0) is 20.7. The highest BCUT2D eigenvalue weighted by atomic mass is 19.1. The summed E-state index contributed by atoms with van der Waals surface area (Å²) in [5, 5.41) is 11.6. The lowest BCUT2D eigenvalue weighted by Crippen LogP contribution is -2.26. The molecule has 7 heteroatoms. The Hall–Kier alpha value is -2.98. The van der Waals surface area contributed by atoms with Crippen LogP contribution in [0.3, 0.4) is 0 Å². The summed E-state index contributed by atoms with van der Waals surface area (Å²) >= 11 is 0. The van der Waals surface area contributed by atoms with Gasteiger partial charge in [0, 0.05) is 0 Å². The fraction of sp³-hybridized carbons (Fsp3) is 0.333. The Morgan fingerprint density at radius 1 is 1.25 bits per heavy atom. The standard InChI is InChI=1S/C19H17F2N3O2.C2H6/c1-11-2-7-16(15(20)8-11)23-18-14(6-5-13(9-22)17(18)21)19(25)24-26-10-12-3-4-12;1-2/h2,5-8,12,23H,3-4,10H2,1H3,(H,24,25);1-2H3. The van der Waals surface area contributed by atoms with Crippen LogP contribution in [0.1, 0.15) is 48.2 Å². The first-order valence-electron chi connectivity index (χ1n) is 9.17. The van der Waals surface area contributed by atoms with Crippen LogP contribution in [0.4, 0.5) is 20.2 Å². The van der Waals surface area contributed by atoms with E-state index in [-0.39, 0.29) is 22.5 Å². The second-order valence-electron chi connectivity index (χ2n) is 6.26. The Balaban J connectivity index is 0.00000136. The fourth-order valence-electron chi connectivity index (χ4n) is 2.39. The number of hydrogen-bond donors (Lipinski definition) is 2. The molecule has 5 nitrogen and oxygen atoms in total. The average Bonchev–Trinajstić information content (AvgIpc) is 3.51. The number of carbonyl (C=O) groups excluding carboxylic acids is 1. The molecule has 0 saturated heterocycles. The maximum absolute atomic E-state index is 14.6. The van der Waals surface area contributed by atoms with E-state index in [4.69, 9.17) is 10.1 Å². The number of halogens is 2. The van der Waals surface area contributed by atoms with Gasteiger partial charge in [0.05, 0.1) is 29.1 Å². The molecule has 2 aromatic carbocycles. The van der Waals surface area contributed by atoms with E-state index in [0.717, 1.165) is 12.8 Å². The lowest BCUT2D eigenvalue weighted by Gasteiger charge is -2.15. The summed E-state index contributed by atoms with van der Waals surface area (Å²) in [6.07, 6.45) is 2.11. The van der Waals surface area contributed by atoms with Crippen LogP contribution in [0.15, 0.2) is 30.3 Å². The summed E-state index contributed by atoms with van der Waals surface area (Å²) < 4.78 is 28.7. The van der Waals surface area contributed by atoms with Gasteiger partial charge in [0.15, 0.2) is 5.82 Å². The molecular weight excluding hydrogens is 364 g/mol. The zero-order valence-electron chi connectivity index (χ0n) is 16.1. The quantitative estimate of drug-likeness (QED) is 0.685. The van der Waals surface area contributed by atoms with Gasteiger partial charge < -0.3 is 5.32 Å². The second kappa shape index (κ2) is 9.81. The van der Waals surface area contributed by atoms with Crippen LogP contribution in [-0.4, -0.2) is 12.5 Å². The van der Waals surface area contributed by atoms with Crippen molar-refractivity contribution in [3.63, 3.8) is 0 Å². The third-order valence-corrected chi connectivity index (χ3v) is 4.07. The van der Waals surface area contributed by atoms with E-state index in [1.807, 2.05) is 13.8 Å². The summed E-state index contributed by atoms with van der Waals surface area (Å²) in [7, 11) is 0. The van der Waals surface area contributed by atoms with Crippen molar-refractivity contribution in [1.82, 2.24) is 5.48 Å². The van der Waals surface area contributed by atoms with Crippen molar-refractivity contribution >= 4 is 17.3 Å². The highest BCUT2D eigenvalue weighted by Gasteiger charge is 2.23. The SMILES string of the molecule is CC.Cc1ccc(Nc2c(C(=O)NOCC3CC3)ccc(C#N)c2F)c(F)c1. The Morgan fingerprint density at radius 3 is 2.57 bits per heavy atom. The van der Waals surface area contributed by atoms with Crippen molar-refractivity contribution in [2.24, 2.45) is 5.92 Å². The molecule has 1 amide bonds. The van der Waals surface area contributed by atoms with Gasteiger partial charge in [0.25, 0.3) is 5.91 Å². The van der Waals surface area contributed by atoms with Crippen LogP contribution in [0.25, 0.3) is 0 Å². The van der Waals surface area contributed by atoms with Gasteiger partial charge in [-0.05, 0) is 55.5 Å². The lowest BCUT2D eigenvalue weighted by molar-refractivity contribution is 0.0271. The number of nitrogens with one attached hydrogen (secondary N) is 2. The summed E-state index contributed by atoms with van der Waals surface area (Å²) in [5.41, 5.74) is 2.34. The molecule has 2 N–H and O–H groups in total. The maximum atomic E-state index is 14.6. The molecule has 0 bridgehead atoms. The first kappa shape index (κ1) is 21.3. The molecule has 0 radical (unpaired) electrons. The van der Waals surface area contributed by atoms with Crippen LogP contribution in [-0.2, 0) is 4.84 Å². The molecule has 0 heterocycles. The minimum absolute atomic E-state index is 0.00228. The molecular formula is C21H23F2N3O2. The minimum atomic E-state index is -0.928. The molecule has 1 fully saturated rings. The number of hydroxylamine groups is 1. The van der Waals surface area contributed by atoms with Gasteiger partial charge in [-0.2, -0.15) is 5.26 Å².